The van der Waals surface area contributed by atoms with Gasteiger partial charge < -0.3 is 0 Å². The molecule has 2 aromatic rings. The third kappa shape index (κ3) is 1.61. The molecule has 0 saturated heterocycles. The molecule has 0 aliphatic heterocycles. The van der Waals surface area contributed by atoms with Crippen molar-refractivity contribution < 1.29 is 0 Å². The molecule has 0 saturated carbocycles. The molecule has 0 fully saturated rings. The maximum absolute atomic E-state index is 4.11. The van der Waals surface area contributed by atoms with E-state index in [9.17, 15) is 0 Å². The van der Waals surface area contributed by atoms with Crippen molar-refractivity contribution in [1.29, 1.82) is 0 Å². The van der Waals surface area contributed by atoms with Gasteiger partial charge in [0.05, 0.1) is 0 Å². The third-order valence-corrected chi connectivity index (χ3v) is 2.28. The minimum atomic E-state index is 1.06. The fourth-order valence-electron chi connectivity index (χ4n) is 0.914. The number of fused-ring (bicyclic) bond motifs is 1. The number of hydrogen-bond acceptors (Lipinski definition) is 3. The van der Waals surface area contributed by atoms with Crippen LogP contribution in [0.2, 0.25) is 0 Å². The standard InChI is InChI=1S/C7H6N2S.C2H6/c1-5-6-2-3-10-7(6)9-4-8-5;1-2/h2-4H,1H3;1-2H3. The molecule has 2 rings (SSSR count). The highest BCUT2D eigenvalue weighted by Gasteiger charge is 1.97. The summed E-state index contributed by atoms with van der Waals surface area (Å²) in [5, 5.41) is 3.21. The highest BCUT2D eigenvalue weighted by Crippen LogP contribution is 2.18. The van der Waals surface area contributed by atoms with Gasteiger partial charge in [0.15, 0.2) is 0 Å². The summed E-state index contributed by atoms with van der Waals surface area (Å²) in [6.45, 7) is 6.00. The summed E-state index contributed by atoms with van der Waals surface area (Å²) in [7, 11) is 0. The minimum absolute atomic E-state index is 1.06. The van der Waals surface area contributed by atoms with Crippen LogP contribution in [-0.2, 0) is 0 Å². The van der Waals surface area contributed by atoms with Crippen molar-refractivity contribution in [3.8, 4) is 0 Å². The molecule has 0 radical (unpaired) electrons. The summed E-state index contributed by atoms with van der Waals surface area (Å²) in [5.41, 5.74) is 1.06. The van der Waals surface area contributed by atoms with Crippen molar-refractivity contribution in [1.82, 2.24) is 9.97 Å². The number of aryl methyl sites for hydroxylation is 1. The second-order valence-electron chi connectivity index (χ2n) is 2.10. The van der Waals surface area contributed by atoms with Crippen LogP contribution in [0.15, 0.2) is 17.8 Å². The van der Waals surface area contributed by atoms with Crippen LogP contribution in [0, 0.1) is 6.92 Å². The van der Waals surface area contributed by atoms with Crippen molar-refractivity contribution in [2.24, 2.45) is 0 Å². The fourth-order valence-corrected chi connectivity index (χ4v) is 1.70. The Morgan fingerprint density at radius 2 is 2.00 bits per heavy atom. The molecule has 0 bridgehead atoms. The Balaban J connectivity index is 0.000000336. The average Bonchev–Trinajstić information content (AvgIpc) is 2.57. The Bertz CT molecular complexity index is 354. The number of aromatic nitrogens is 2. The molecule has 0 aliphatic carbocycles. The topological polar surface area (TPSA) is 25.8 Å². The summed E-state index contributed by atoms with van der Waals surface area (Å²) < 4.78 is 0. The van der Waals surface area contributed by atoms with Crippen LogP contribution in [0.25, 0.3) is 10.2 Å². The molecular formula is C9H12N2S. The lowest BCUT2D eigenvalue weighted by atomic mass is 10.3. The third-order valence-electron chi connectivity index (χ3n) is 1.46. The number of rotatable bonds is 0. The van der Waals surface area contributed by atoms with Crippen LogP contribution in [0.1, 0.15) is 19.5 Å². The maximum Gasteiger partial charge on any atom is 0.126 e. The van der Waals surface area contributed by atoms with Crippen molar-refractivity contribution in [2.75, 3.05) is 0 Å². The van der Waals surface area contributed by atoms with Gasteiger partial charge in [-0.3, -0.25) is 0 Å². The number of thiophene rings is 1. The average molecular weight is 180 g/mol. The molecule has 0 aromatic carbocycles. The lowest BCUT2D eigenvalue weighted by Crippen LogP contribution is -1.81. The summed E-state index contributed by atoms with van der Waals surface area (Å²) >= 11 is 1.65. The van der Waals surface area contributed by atoms with E-state index in [1.807, 2.05) is 26.2 Å². The molecule has 0 N–H and O–H groups in total. The Morgan fingerprint density at radius 1 is 1.25 bits per heavy atom. The largest absolute Gasteiger partial charge is 0.241 e. The molecule has 0 aliphatic rings. The molecule has 0 amide bonds. The van der Waals surface area contributed by atoms with Crippen molar-refractivity contribution >= 4 is 21.6 Å². The zero-order chi connectivity index (χ0) is 8.97. The zero-order valence-electron chi connectivity index (χ0n) is 7.53. The molecule has 12 heavy (non-hydrogen) atoms. The summed E-state index contributed by atoms with van der Waals surface area (Å²) in [6.07, 6.45) is 1.61. The van der Waals surface area contributed by atoms with Gasteiger partial charge in [-0.05, 0) is 18.4 Å². The van der Waals surface area contributed by atoms with E-state index < -0.39 is 0 Å². The second kappa shape index (κ2) is 4.16. The van der Waals surface area contributed by atoms with Crippen molar-refractivity contribution in [2.45, 2.75) is 20.8 Å². The minimum Gasteiger partial charge on any atom is -0.241 e. The van der Waals surface area contributed by atoms with E-state index >= 15 is 0 Å². The van der Waals surface area contributed by atoms with Gasteiger partial charge in [-0.1, -0.05) is 13.8 Å². The Hall–Kier alpha value is -0.960. The van der Waals surface area contributed by atoms with Crippen LogP contribution >= 0.6 is 11.3 Å². The van der Waals surface area contributed by atoms with Crippen molar-refractivity contribution in [3.05, 3.63) is 23.5 Å². The van der Waals surface area contributed by atoms with Crippen LogP contribution in [0.5, 0.6) is 0 Å². The summed E-state index contributed by atoms with van der Waals surface area (Å²) in [4.78, 5) is 9.26. The highest BCUT2D eigenvalue weighted by atomic mass is 32.1. The fraction of sp³-hybridized carbons (Fsp3) is 0.333. The van der Waals surface area contributed by atoms with E-state index in [2.05, 4.69) is 16.0 Å². The van der Waals surface area contributed by atoms with Crippen LogP contribution < -0.4 is 0 Å². The molecule has 0 unspecified atom stereocenters. The van der Waals surface area contributed by atoms with Gasteiger partial charge in [-0.15, -0.1) is 11.3 Å². The van der Waals surface area contributed by atoms with Gasteiger partial charge in [0.1, 0.15) is 11.2 Å². The second-order valence-corrected chi connectivity index (χ2v) is 2.99. The molecule has 0 spiro atoms. The number of nitrogens with zero attached hydrogens (tertiary/aromatic N) is 2. The molecular weight excluding hydrogens is 168 g/mol. The SMILES string of the molecule is CC.Cc1ncnc2sccc12. The smallest absolute Gasteiger partial charge is 0.126 e. The van der Waals surface area contributed by atoms with Crippen LogP contribution in [0.3, 0.4) is 0 Å². The monoisotopic (exact) mass is 180 g/mol. The first kappa shape index (κ1) is 9.13. The zero-order valence-corrected chi connectivity index (χ0v) is 8.35. The van der Waals surface area contributed by atoms with Crippen molar-refractivity contribution in [3.63, 3.8) is 0 Å². The van der Waals surface area contributed by atoms with E-state index in [-0.39, 0.29) is 0 Å². The van der Waals surface area contributed by atoms with E-state index in [4.69, 9.17) is 0 Å². The Morgan fingerprint density at radius 3 is 2.67 bits per heavy atom. The predicted molar refractivity (Wildman–Crippen MR) is 53.5 cm³/mol. The van der Waals surface area contributed by atoms with E-state index in [1.54, 1.807) is 17.7 Å². The van der Waals surface area contributed by atoms with Gasteiger partial charge in [-0.2, -0.15) is 0 Å². The van der Waals surface area contributed by atoms with Gasteiger partial charge >= 0.3 is 0 Å². The summed E-state index contributed by atoms with van der Waals surface area (Å²) in [5.74, 6) is 0. The van der Waals surface area contributed by atoms with Gasteiger partial charge in [0.2, 0.25) is 0 Å². The quantitative estimate of drug-likeness (QED) is 0.622. The molecule has 3 heteroatoms. The lowest BCUT2D eigenvalue weighted by Gasteiger charge is -1.89. The van der Waals surface area contributed by atoms with Gasteiger partial charge in [0.25, 0.3) is 0 Å². The molecule has 2 aromatic heterocycles. The normalized spacial score (nSPS) is 9.25. The van der Waals surface area contributed by atoms with Crippen LogP contribution in [-0.4, -0.2) is 9.97 Å². The maximum atomic E-state index is 4.11. The molecule has 0 atom stereocenters. The van der Waals surface area contributed by atoms with E-state index in [0.717, 1.165) is 10.5 Å². The first-order valence-electron chi connectivity index (χ1n) is 4.03. The van der Waals surface area contributed by atoms with E-state index in [1.165, 1.54) is 5.39 Å². The molecule has 2 nitrogen and oxygen atoms in total. The van der Waals surface area contributed by atoms with E-state index in [0.29, 0.717) is 0 Å². The van der Waals surface area contributed by atoms with Crippen LogP contribution in [0.4, 0.5) is 0 Å². The Labute approximate surface area is 76.3 Å². The first-order chi connectivity index (χ1) is 5.88. The number of hydrogen-bond donors (Lipinski definition) is 0. The predicted octanol–water partition coefficient (Wildman–Crippen LogP) is 3.03. The van der Waals surface area contributed by atoms with Gasteiger partial charge in [0, 0.05) is 11.1 Å². The van der Waals surface area contributed by atoms with Gasteiger partial charge in [-0.25, -0.2) is 9.97 Å². The molecule has 2 heterocycles. The summed E-state index contributed by atoms with van der Waals surface area (Å²) in [6, 6.07) is 2.05. The molecule has 64 valence electrons. The lowest BCUT2D eigenvalue weighted by molar-refractivity contribution is 1.16. The highest BCUT2D eigenvalue weighted by molar-refractivity contribution is 7.16. The Kier molecular flexibility index (Phi) is 3.17. The first-order valence-corrected chi connectivity index (χ1v) is 4.91.